The van der Waals surface area contributed by atoms with Crippen LogP contribution in [0, 0.1) is 12.0 Å². The van der Waals surface area contributed by atoms with Crippen LogP contribution in [0.5, 0.6) is 0 Å². The number of Topliss-reactive ketones (excluding diaryl/α,β-unsaturated/α-hetero) is 1. The molecule has 1 aromatic carbocycles. The number of aromatic carboxylic acids is 1. The zero-order valence-corrected chi connectivity index (χ0v) is 11.8. The van der Waals surface area contributed by atoms with Crippen LogP contribution in [0.2, 0.25) is 10.0 Å². The molecule has 0 bridgehead atoms. The summed E-state index contributed by atoms with van der Waals surface area (Å²) in [6.07, 6.45) is -0.125. The molecular formula is C13H11Cl2NO3. The van der Waals surface area contributed by atoms with E-state index < -0.39 is 5.97 Å². The summed E-state index contributed by atoms with van der Waals surface area (Å²) < 4.78 is 0. The number of nitrogens with zero attached hydrogens (tertiary/aromatic N) is 1. The molecule has 6 heteroatoms. The normalized spacial score (nSPS) is 9.47. The zero-order chi connectivity index (χ0) is 14.6. The number of benzene rings is 1. The van der Waals surface area contributed by atoms with Gasteiger partial charge >= 0.3 is 5.97 Å². The van der Waals surface area contributed by atoms with Gasteiger partial charge in [0, 0.05) is 31.6 Å². The van der Waals surface area contributed by atoms with E-state index >= 15 is 0 Å². The molecule has 0 spiro atoms. The molecule has 1 aromatic rings. The van der Waals surface area contributed by atoms with Gasteiger partial charge < -0.3 is 10.0 Å². The van der Waals surface area contributed by atoms with Crippen molar-refractivity contribution in [2.75, 3.05) is 14.1 Å². The molecule has 0 heterocycles. The van der Waals surface area contributed by atoms with Crippen molar-refractivity contribution in [3.63, 3.8) is 0 Å². The third kappa shape index (κ3) is 4.16. The molecular weight excluding hydrogens is 289 g/mol. The Morgan fingerprint density at radius 3 is 2.47 bits per heavy atom. The van der Waals surface area contributed by atoms with E-state index in [0.717, 1.165) is 0 Å². The van der Waals surface area contributed by atoms with Crippen molar-refractivity contribution in [1.82, 2.24) is 4.90 Å². The predicted molar refractivity (Wildman–Crippen MR) is 73.6 cm³/mol. The van der Waals surface area contributed by atoms with E-state index in [1.54, 1.807) is 14.1 Å². The first-order chi connectivity index (χ1) is 8.82. The molecule has 4 nitrogen and oxygen atoms in total. The molecule has 0 amide bonds. The molecule has 0 saturated carbocycles. The van der Waals surface area contributed by atoms with Gasteiger partial charge in [0.2, 0.25) is 5.78 Å². The minimum atomic E-state index is -1.17. The number of hydrogen-bond acceptors (Lipinski definition) is 3. The SMILES string of the molecule is CN(C)C#CC(=O)Cc1c(Cl)ccc(C(=O)O)c1Cl. The zero-order valence-electron chi connectivity index (χ0n) is 10.3. The second-order valence-corrected chi connectivity index (χ2v) is 4.71. The summed E-state index contributed by atoms with van der Waals surface area (Å²) in [4.78, 5) is 24.1. The first kappa shape index (κ1) is 15.4. The standard InChI is InChI=1S/C13H11Cl2NO3/c1-16(2)6-5-8(17)7-10-11(14)4-3-9(12(10)15)13(18)19/h3-4H,7H2,1-2H3,(H,18,19). The third-order valence-electron chi connectivity index (χ3n) is 2.17. The molecule has 19 heavy (non-hydrogen) atoms. The summed E-state index contributed by atoms with van der Waals surface area (Å²) in [5, 5.41) is 9.16. The fourth-order valence-corrected chi connectivity index (χ4v) is 1.89. The van der Waals surface area contributed by atoms with Crippen molar-refractivity contribution in [1.29, 1.82) is 0 Å². The van der Waals surface area contributed by atoms with Crippen LogP contribution < -0.4 is 0 Å². The highest BCUT2D eigenvalue weighted by Crippen LogP contribution is 2.28. The molecule has 100 valence electrons. The van der Waals surface area contributed by atoms with Crippen LogP contribution in [-0.4, -0.2) is 35.9 Å². The second kappa shape index (κ2) is 6.46. The maximum atomic E-state index is 11.6. The van der Waals surface area contributed by atoms with Crippen molar-refractivity contribution in [2.45, 2.75) is 6.42 Å². The van der Waals surface area contributed by atoms with Gasteiger partial charge in [-0.3, -0.25) is 4.79 Å². The summed E-state index contributed by atoms with van der Waals surface area (Å²) in [5.74, 6) is 0.846. The van der Waals surface area contributed by atoms with Gasteiger partial charge in [-0.15, -0.1) is 0 Å². The summed E-state index contributed by atoms with van der Waals surface area (Å²) in [5.41, 5.74) is 0.190. The van der Waals surface area contributed by atoms with Crippen LogP contribution in [-0.2, 0) is 11.2 Å². The van der Waals surface area contributed by atoms with Crippen LogP contribution in [0.1, 0.15) is 15.9 Å². The molecule has 0 aliphatic heterocycles. The molecule has 0 aliphatic carbocycles. The van der Waals surface area contributed by atoms with Crippen molar-refractivity contribution in [2.24, 2.45) is 0 Å². The minimum absolute atomic E-state index is 0.0278. The quantitative estimate of drug-likeness (QED) is 0.687. The van der Waals surface area contributed by atoms with E-state index in [0.29, 0.717) is 0 Å². The molecule has 1 N–H and O–H groups in total. The van der Waals surface area contributed by atoms with Crippen LogP contribution in [0.15, 0.2) is 12.1 Å². The number of hydrogen-bond donors (Lipinski definition) is 1. The smallest absolute Gasteiger partial charge is 0.337 e. The number of carboxylic acids is 1. The molecule has 0 aromatic heterocycles. The van der Waals surface area contributed by atoms with Gasteiger partial charge in [0.15, 0.2) is 0 Å². The summed E-state index contributed by atoms with van der Waals surface area (Å²) >= 11 is 11.9. The molecule has 0 aliphatic rings. The second-order valence-electron chi connectivity index (χ2n) is 3.92. The van der Waals surface area contributed by atoms with E-state index in [9.17, 15) is 9.59 Å². The van der Waals surface area contributed by atoms with Crippen molar-refractivity contribution >= 4 is 35.0 Å². The van der Waals surface area contributed by atoms with Crippen molar-refractivity contribution in [3.05, 3.63) is 33.3 Å². The van der Waals surface area contributed by atoms with Gasteiger partial charge in [0.05, 0.1) is 10.6 Å². The van der Waals surface area contributed by atoms with Crippen LogP contribution in [0.3, 0.4) is 0 Å². The Morgan fingerprint density at radius 1 is 1.32 bits per heavy atom. The average molecular weight is 300 g/mol. The number of carboxylic acid groups (broad SMARTS) is 1. The summed E-state index contributed by atoms with van der Waals surface area (Å²) in [6, 6.07) is 5.27. The van der Waals surface area contributed by atoms with E-state index in [-0.39, 0.29) is 33.4 Å². The Balaban J connectivity index is 3.09. The molecule has 0 atom stereocenters. The van der Waals surface area contributed by atoms with Crippen molar-refractivity contribution < 1.29 is 14.7 Å². The highest BCUT2D eigenvalue weighted by molar-refractivity contribution is 6.38. The van der Waals surface area contributed by atoms with E-state index in [1.807, 2.05) is 0 Å². The predicted octanol–water partition coefficient (Wildman–Crippen LogP) is 2.33. The van der Waals surface area contributed by atoms with E-state index in [4.69, 9.17) is 28.3 Å². The van der Waals surface area contributed by atoms with E-state index in [1.165, 1.54) is 17.0 Å². The lowest BCUT2D eigenvalue weighted by atomic mass is 10.1. The van der Waals surface area contributed by atoms with E-state index in [2.05, 4.69) is 12.0 Å². The highest BCUT2D eigenvalue weighted by Gasteiger charge is 2.17. The van der Waals surface area contributed by atoms with Crippen molar-refractivity contribution in [3.8, 4) is 12.0 Å². The van der Waals surface area contributed by atoms with Gasteiger partial charge in [0.1, 0.15) is 0 Å². The molecule has 0 fully saturated rings. The van der Waals surface area contributed by atoms with Gasteiger partial charge in [0.25, 0.3) is 0 Å². The van der Waals surface area contributed by atoms with Gasteiger partial charge in [-0.25, -0.2) is 4.79 Å². The molecule has 0 unspecified atom stereocenters. The lowest BCUT2D eigenvalue weighted by Gasteiger charge is -2.07. The summed E-state index contributed by atoms with van der Waals surface area (Å²) in [6.45, 7) is 0. The third-order valence-corrected chi connectivity index (χ3v) is 2.96. The number of carbonyl (C=O) groups excluding carboxylic acids is 1. The molecule has 0 saturated heterocycles. The number of carbonyl (C=O) groups is 2. The maximum absolute atomic E-state index is 11.6. The molecule has 0 radical (unpaired) electrons. The first-order valence-electron chi connectivity index (χ1n) is 5.25. The Kier molecular flexibility index (Phi) is 5.22. The highest BCUT2D eigenvalue weighted by atomic mass is 35.5. The lowest BCUT2D eigenvalue weighted by molar-refractivity contribution is -0.113. The number of ketones is 1. The fraction of sp³-hybridized carbons (Fsp3) is 0.231. The fourth-order valence-electron chi connectivity index (χ4n) is 1.30. The summed E-state index contributed by atoms with van der Waals surface area (Å²) in [7, 11) is 3.40. The van der Waals surface area contributed by atoms with Gasteiger partial charge in [-0.05, 0) is 23.6 Å². The van der Waals surface area contributed by atoms with Gasteiger partial charge in [-0.1, -0.05) is 23.2 Å². The van der Waals surface area contributed by atoms with Crippen LogP contribution >= 0.6 is 23.2 Å². The topological polar surface area (TPSA) is 57.6 Å². The number of rotatable bonds is 3. The Hall–Kier alpha value is -1.70. The largest absolute Gasteiger partial charge is 0.478 e. The Labute approximate surface area is 120 Å². The first-order valence-corrected chi connectivity index (χ1v) is 6.00. The Morgan fingerprint density at radius 2 is 1.95 bits per heavy atom. The average Bonchev–Trinajstić information content (AvgIpc) is 2.31. The van der Waals surface area contributed by atoms with Crippen LogP contribution in [0.4, 0.5) is 0 Å². The number of halogens is 2. The van der Waals surface area contributed by atoms with Crippen LogP contribution in [0.25, 0.3) is 0 Å². The van der Waals surface area contributed by atoms with Gasteiger partial charge in [-0.2, -0.15) is 0 Å². The Bertz CT molecular complexity index is 586. The monoisotopic (exact) mass is 299 g/mol. The molecule has 1 rings (SSSR count). The lowest BCUT2D eigenvalue weighted by Crippen LogP contribution is -2.07. The minimum Gasteiger partial charge on any atom is -0.478 e. The maximum Gasteiger partial charge on any atom is 0.337 e.